The fraction of sp³-hybridized carbons (Fsp3) is 0. The molecule has 3 nitrogen and oxygen atoms in total. The van der Waals surface area contributed by atoms with E-state index in [1.165, 1.54) is 0 Å². The van der Waals surface area contributed by atoms with Crippen molar-refractivity contribution >= 4 is 43.9 Å². The van der Waals surface area contributed by atoms with Crippen LogP contribution in [0.3, 0.4) is 0 Å². The molecule has 6 heavy (non-hydrogen) atoms. The van der Waals surface area contributed by atoms with Crippen LogP contribution in [0.5, 0.6) is 0 Å². The number of hydrogen-bond donors (Lipinski definition) is 2. The van der Waals surface area contributed by atoms with Gasteiger partial charge in [-0.2, -0.15) is 0 Å². The fourth-order valence-electron chi connectivity index (χ4n) is 0. The molecule has 0 atom stereocenters. The van der Waals surface area contributed by atoms with Crippen molar-refractivity contribution in [1.82, 2.24) is 0 Å². The molecular weight excluding hydrogens is 107 g/mol. The predicted molar refractivity (Wildman–Crippen MR) is 21.9 cm³/mol. The third-order valence-corrected chi connectivity index (χ3v) is 0. The molecule has 0 aliphatic carbocycles. The first-order valence-electron chi connectivity index (χ1n) is 0.651. The third-order valence-electron chi connectivity index (χ3n) is 0. The molecule has 0 unspecified atom stereocenters. The maximum atomic E-state index is 8.56. The minimum atomic E-state index is -1.83. The van der Waals surface area contributed by atoms with E-state index in [-0.39, 0.29) is 62.3 Å². The van der Waals surface area contributed by atoms with E-state index in [0.717, 1.165) is 0 Å². The van der Waals surface area contributed by atoms with Gasteiger partial charge in [0.1, 0.15) is 0 Å². The van der Waals surface area contributed by atoms with E-state index in [4.69, 9.17) is 15.0 Å². The first-order chi connectivity index (χ1) is 1.73. The third kappa shape index (κ3) is 68.7. The van der Waals surface area contributed by atoms with Crippen LogP contribution in [0.25, 0.3) is 0 Å². The molecule has 0 fully saturated rings. The summed E-state index contributed by atoms with van der Waals surface area (Å²) < 4.78 is 0. The Hall–Kier alpha value is 1.13. The van der Waals surface area contributed by atoms with Crippen LogP contribution >= 0.6 is 0 Å². The Labute approximate surface area is 82.8 Å². The summed E-state index contributed by atoms with van der Waals surface area (Å²) in [4.78, 5) is 8.56. The topological polar surface area (TPSA) is 57.5 Å². The first kappa shape index (κ1) is 15.7. The molecule has 0 aliphatic heterocycles. The molecule has 0 aromatic heterocycles. The Morgan fingerprint density at radius 1 is 1.67 bits per heavy atom. The van der Waals surface area contributed by atoms with E-state index in [1.54, 1.807) is 0 Å². The zero-order valence-electron chi connectivity index (χ0n) is 6.51. The van der Waals surface area contributed by atoms with Crippen LogP contribution in [-0.2, 0) is 0 Å². The summed E-state index contributed by atoms with van der Waals surface area (Å²) in [5, 5.41) is 13.9. The fourth-order valence-corrected chi connectivity index (χ4v) is 0. The number of hydrogen-bond acceptors (Lipinski definition) is 1. The molecule has 0 saturated carbocycles. The van der Waals surface area contributed by atoms with Gasteiger partial charge in [0.15, 0.2) is 0 Å². The van der Waals surface area contributed by atoms with Crippen LogP contribution in [0.2, 0.25) is 0 Å². The first-order valence-corrected chi connectivity index (χ1v) is 0.651. The Morgan fingerprint density at radius 2 is 1.67 bits per heavy atom. The van der Waals surface area contributed by atoms with Gasteiger partial charge in [-0.05, 0) is 0 Å². The minimum Gasteiger partial charge on any atom is -1.00 e. The Morgan fingerprint density at radius 3 is 1.67 bits per heavy atom. The van der Waals surface area contributed by atoms with E-state index in [9.17, 15) is 0 Å². The molecule has 0 spiro atoms. The summed E-state index contributed by atoms with van der Waals surface area (Å²) in [6, 6.07) is 0. The smallest absolute Gasteiger partial charge is 1.00 e. The second-order valence-electron chi connectivity index (χ2n) is 0.283. The van der Waals surface area contributed by atoms with Crippen molar-refractivity contribution in [3.8, 4) is 0 Å². The van der Waals surface area contributed by atoms with E-state index in [2.05, 4.69) is 0 Å². The van der Waals surface area contributed by atoms with Gasteiger partial charge in [-0.15, -0.1) is 0 Å². The molecule has 32 valence electrons. The van der Waals surface area contributed by atoms with Crippen LogP contribution in [-0.4, -0.2) is 54.1 Å². The summed E-state index contributed by atoms with van der Waals surface area (Å²) in [6.45, 7) is 0. The van der Waals surface area contributed by atoms with Gasteiger partial charge < -0.3 is 14.5 Å². The largest absolute Gasteiger partial charge is 2.00 e. The average molecular weight is 114 g/mol. The average Bonchev–Trinajstić information content (AvgIpc) is 0.811. The van der Waals surface area contributed by atoms with Crippen LogP contribution < -0.4 is 18.9 Å². The summed E-state index contributed by atoms with van der Waals surface area (Å²) in [5.74, 6) is 0. The summed E-state index contributed by atoms with van der Waals surface area (Å²) in [5.41, 5.74) is 0. The molecule has 0 bridgehead atoms. The van der Waals surface area contributed by atoms with Crippen molar-refractivity contribution in [3.05, 3.63) is 0 Å². The molecule has 0 rings (SSSR count). The molecule has 0 heterocycles. The van der Waals surface area contributed by atoms with Crippen molar-refractivity contribution in [3.63, 3.8) is 0 Å². The van der Waals surface area contributed by atoms with Gasteiger partial charge in [0.05, 0.1) is 0 Å². The molecule has 0 amide bonds. The summed E-state index contributed by atoms with van der Waals surface area (Å²) in [6.07, 6.45) is -1.83. The zero-order chi connectivity index (χ0) is 3.58. The SMILES string of the molecule is O=C(O)O.[Ca+2].[H-].[H-].[H-].[HH].[Li+]. The molecule has 0 radical (unpaired) electrons. The zero-order valence-corrected chi connectivity index (χ0v) is 5.72. The van der Waals surface area contributed by atoms with Crippen LogP contribution in [0.15, 0.2) is 0 Å². The molecule has 0 aromatic rings. The van der Waals surface area contributed by atoms with E-state index < -0.39 is 6.16 Å². The van der Waals surface area contributed by atoms with Crippen molar-refractivity contribution in [2.24, 2.45) is 0 Å². The minimum absolute atomic E-state index is 0. The van der Waals surface area contributed by atoms with Gasteiger partial charge in [0, 0.05) is 1.43 Å². The maximum absolute atomic E-state index is 8.56. The van der Waals surface area contributed by atoms with Crippen molar-refractivity contribution in [2.75, 3.05) is 0 Å². The summed E-state index contributed by atoms with van der Waals surface area (Å²) >= 11 is 0. The molecule has 2 N–H and O–H groups in total. The Bertz CT molecular complexity index is 43.5. The standard InChI is InChI=1S/CH2O3.Ca.Li.H2.3H/c2-1(3)4;;;;;;/h(H2,2,3,4);;;1H;;;/q;+2;+1;;3*-1. The molecule has 0 aliphatic rings. The molecule has 0 saturated heterocycles. The normalized spacial score (nSPS) is 4.00. The second kappa shape index (κ2) is 9.46. The molecular formula is CH7CaLiO3. The van der Waals surface area contributed by atoms with Crippen LogP contribution in [0, 0.1) is 0 Å². The van der Waals surface area contributed by atoms with Crippen molar-refractivity contribution in [2.45, 2.75) is 0 Å². The van der Waals surface area contributed by atoms with Crippen molar-refractivity contribution < 1.29 is 39.6 Å². The molecule has 5 heteroatoms. The quantitative estimate of drug-likeness (QED) is 0.340. The van der Waals surface area contributed by atoms with E-state index in [1.807, 2.05) is 0 Å². The van der Waals surface area contributed by atoms with E-state index >= 15 is 0 Å². The summed E-state index contributed by atoms with van der Waals surface area (Å²) in [7, 11) is 0. The van der Waals surface area contributed by atoms with Crippen LogP contribution in [0.1, 0.15) is 5.71 Å². The number of carbonyl (C=O) groups is 1. The van der Waals surface area contributed by atoms with Gasteiger partial charge in [-0.25, -0.2) is 4.79 Å². The maximum Gasteiger partial charge on any atom is 2.00 e. The van der Waals surface area contributed by atoms with Gasteiger partial charge >= 0.3 is 62.8 Å². The van der Waals surface area contributed by atoms with Gasteiger partial charge in [0.25, 0.3) is 0 Å². The van der Waals surface area contributed by atoms with Crippen molar-refractivity contribution in [1.29, 1.82) is 0 Å². The monoisotopic (exact) mass is 114 g/mol. The Kier molecular flexibility index (Phi) is 24.8. The number of rotatable bonds is 0. The number of carboxylic acid groups (broad SMARTS) is 2. The Balaban J connectivity index is -0.00000000300. The second-order valence-corrected chi connectivity index (χ2v) is 0.283. The van der Waals surface area contributed by atoms with Gasteiger partial charge in [-0.3, -0.25) is 0 Å². The van der Waals surface area contributed by atoms with Crippen LogP contribution in [0.4, 0.5) is 4.79 Å². The predicted octanol–water partition coefficient (Wildman–Crippen LogP) is -2.57. The van der Waals surface area contributed by atoms with Gasteiger partial charge in [0.2, 0.25) is 0 Å². The molecule has 0 aromatic carbocycles. The van der Waals surface area contributed by atoms with E-state index in [0.29, 0.717) is 0 Å². The van der Waals surface area contributed by atoms with Gasteiger partial charge in [-0.1, -0.05) is 0 Å².